The molecule has 0 aliphatic heterocycles. The van der Waals surface area contributed by atoms with Crippen LogP contribution in [0.4, 0.5) is 17.5 Å². The third-order valence-electron chi connectivity index (χ3n) is 3.81. The van der Waals surface area contributed by atoms with Gasteiger partial charge >= 0.3 is 0 Å². The van der Waals surface area contributed by atoms with E-state index in [4.69, 9.17) is 0 Å². The van der Waals surface area contributed by atoms with E-state index >= 15 is 0 Å². The molecule has 110 valence electrons. The second-order valence-corrected chi connectivity index (χ2v) is 5.70. The summed E-state index contributed by atoms with van der Waals surface area (Å²) in [5.41, 5.74) is 4.74. The minimum absolute atomic E-state index is 0.615. The van der Waals surface area contributed by atoms with Gasteiger partial charge in [-0.25, -0.2) is 4.98 Å². The van der Waals surface area contributed by atoms with Gasteiger partial charge in [0.15, 0.2) is 0 Å². The Bertz CT molecular complexity index is 627. The summed E-state index contributed by atoms with van der Waals surface area (Å²) in [5.74, 6) is 2.21. The number of rotatable bonds is 5. The molecule has 1 heterocycles. The number of nitrogens with zero attached hydrogens (tertiary/aromatic N) is 2. The molecule has 1 aromatic carbocycles. The average molecular weight is 282 g/mol. The predicted octanol–water partition coefficient (Wildman–Crippen LogP) is 4.15. The Balaban J connectivity index is 1.93. The molecule has 0 amide bonds. The van der Waals surface area contributed by atoms with Gasteiger partial charge in [-0.05, 0) is 44.7 Å². The lowest BCUT2D eigenvalue weighted by atomic mass is 10.1. The topological polar surface area (TPSA) is 49.8 Å². The van der Waals surface area contributed by atoms with Crippen molar-refractivity contribution >= 4 is 17.5 Å². The monoisotopic (exact) mass is 282 g/mol. The molecule has 0 radical (unpaired) electrons. The zero-order valence-corrected chi connectivity index (χ0v) is 12.9. The van der Waals surface area contributed by atoms with Gasteiger partial charge in [0.25, 0.3) is 0 Å². The second-order valence-electron chi connectivity index (χ2n) is 5.70. The summed E-state index contributed by atoms with van der Waals surface area (Å²) in [4.78, 5) is 9.19. The van der Waals surface area contributed by atoms with E-state index < -0.39 is 0 Å². The number of para-hydroxylation sites is 1. The van der Waals surface area contributed by atoms with Gasteiger partial charge in [-0.1, -0.05) is 18.2 Å². The highest BCUT2D eigenvalue weighted by molar-refractivity contribution is 5.65. The Morgan fingerprint density at radius 2 is 1.86 bits per heavy atom. The van der Waals surface area contributed by atoms with Crippen molar-refractivity contribution in [3.05, 3.63) is 41.1 Å². The number of aryl methyl sites for hydroxylation is 2. The highest BCUT2D eigenvalue weighted by Gasteiger charge is 2.26. The molecule has 21 heavy (non-hydrogen) atoms. The van der Waals surface area contributed by atoms with E-state index in [1.54, 1.807) is 0 Å². The highest BCUT2D eigenvalue weighted by Crippen LogP contribution is 2.40. The summed E-state index contributed by atoms with van der Waals surface area (Å²) in [5, 5.41) is 6.69. The van der Waals surface area contributed by atoms with Crippen LogP contribution in [0.2, 0.25) is 0 Å². The van der Waals surface area contributed by atoms with E-state index in [0.717, 1.165) is 29.7 Å². The van der Waals surface area contributed by atoms with Crippen molar-refractivity contribution in [2.75, 3.05) is 17.2 Å². The number of benzene rings is 1. The van der Waals surface area contributed by atoms with Crippen molar-refractivity contribution < 1.29 is 0 Å². The Hall–Kier alpha value is -2.10. The van der Waals surface area contributed by atoms with Gasteiger partial charge < -0.3 is 10.6 Å². The van der Waals surface area contributed by atoms with Crippen molar-refractivity contribution in [3.8, 4) is 0 Å². The first-order valence-corrected chi connectivity index (χ1v) is 7.63. The number of nitrogens with one attached hydrogen (secondary N) is 2. The summed E-state index contributed by atoms with van der Waals surface area (Å²) in [6.45, 7) is 7.12. The van der Waals surface area contributed by atoms with Gasteiger partial charge in [0.2, 0.25) is 5.95 Å². The van der Waals surface area contributed by atoms with E-state index in [1.807, 2.05) is 0 Å². The van der Waals surface area contributed by atoms with Crippen molar-refractivity contribution in [3.63, 3.8) is 0 Å². The van der Waals surface area contributed by atoms with Gasteiger partial charge in [0.1, 0.15) is 5.82 Å². The van der Waals surface area contributed by atoms with E-state index in [-0.39, 0.29) is 0 Å². The van der Waals surface area contributed by atoms with Crippen molar-refractivity contribution in [1.29, 1.82) is 0 Å². The smallest absolute Gasteiger partial charge is 0.224 e. The van der Waals surface area contributed by atoms with E-state index in [2.05, 4.69) is 65.6 Å². The third kappa shape index (κ3) is 3.15. The molecule has 0 saturated heterocycles. The molecule has 0 bridgehead atoms. The maximum atomic E-state index is 4.61. The lowest BCUT2D eigenvalue weighted by Crippen LogP contribution is -2.07. The van der Waals surface area contributed by atoms with Gasteiger partial charge in [0, 0.05) is 24.2 Å². The van der Waals surface area contributed by atoms with Gasteiger partial charge in [-0.2, -0.15) is 4.98 Å². The number of hydrogen-bond donors (Lipinski definition) is 2. The lowest BCUT2D eigenvalue weighted by Gasteiger charge is -2.14. The highest BCUT2D eigenvalue weighted by atomic mass is 15.1. The number of anilines is 3. The molecule has 4 nitrogen and oxygen atoms in total. The van der Waals surface area contributed by atoms with Crippen LogP contribution in [0.15, 0.2) is 24.3 Å². The maximum Gasteiger partial charge on any atom is 0.224 e. The fraction of sp³-hybridized carbons (Fsp3) is 0.412. The first-order chi connectivity index (χ1) is 10.2. The molecule has 3 rings (SSSR count). The number of hydrogen-bond acceptors (Lipinski definition) is 4. The summed E-state index contributed by atoms with van der Waals surface area (Å²) in [7, 11) is 0. The van der Waals surface area contributed by atoms with E-state index in [0.29, 0.717) is 5.92 Å². The molecule has 1 saturated carbocycles. The van der Waals surface area contributed by atoms with Crippen LogP contribution in [0.5, 0.6) is 0 Å². The molecular formula is C17H22N4. The molecule has 1 aliphatic rings. The van der Waals surface area contributed by atoms with Gasteiger partial charge in [-0.3, -0.25) is 0 Å². The summed E-state index contributed by atoms with van der Waals surface area (Å²) in [6.07, 6.45) is 2.48. The first-order valence-electron chi connectivity index (χ1n) is 7.63. The Labute approximate surface area is 126 Å². The number of aromatic nitrogens is 2. The normalized spacial score (nSPS) is 14.0. The molecule has 2 aromatic rings. The molecule has 0 atom stereocenters. The van der Waals surface area contributed by atoms with Crippen molar-refractivity contribution in [1.82, 2.24) is 9.97 Å². The van der Waals surface area contributed by atoms with Crippen LogP contribution in [0.3, 0.4) is 0 Å². The van der Waals surface area contributed by atoms with Crippen LogP contribution in [0.25, 0.3) is 0 Å². The summed E-state index contributed by atoms with van der Waals surface area (Å²) in [6, 6.07) is 8.40. The minimum Gasteiger partial charge on any atom is -0.354 e. The predicted molar refractivity (Wildman–Crippen MR) is 87.4 cm³/mol. The van der Waals surface area contributed by atoms with E-state index in [9.17, 15) is 0 Å². The Kier molecular flexibility index (Phi) is 3.78. The molecule has 0 spiro atoms. The van der Waals surface area contributed by atoms with Crippen LogP contribution in [-0.4, -0.2) is 16.5 Å². The van der Waals surface area contributed by atoms with Crippen molar-refractivity contribution in [2.45, 2.75) is 39.5 Å². The van der Waals surface area contributed by atoms with Crippen LogP contribution in [-0.2, 0) is 0 Å². The second kappa shape index (κ2) is 5.72. The van der Waals surface area contributed by atoms with Crippen molar-refractivity contribution in [2.24, 2.45) is 0 Å². The van der Waals surface area contributed by atoms with Crippen LogP contribution in [0, 0.1) is 13.8 Å². The fourth-order valence-corrected chi connectivity index (χ4v) is 2.50. The summed E-state index contributed by atoms with van der Waals surface area (Å²) >= 11 is 0. The van der Waals surface area contributed by atoms with Gasteiger partial charge in [-0.15, -0.1) is 0 Å². The Morgan fingerprint density at radius 1 is 1.14 bits per heavy atom. The van der Waals surface area contributed by atoms with Crippen LogP contribution in [0.1, 0.15) is 42.5 Å². The summed E-state index contributed by atoms with van der Waals surface area (Å²) < 4.78 is 0. The van der Waals surface area contributed by atoms with Crippen LogP contribution < -0.4 is 10.6 Å². The molecule has 0 unspecified atom stereocenters. The van der Waals surface area contributed by atoms with Crippen LogP contribution >= 0.6 is 0 Å². The third-order valence-corrected chi connectivity index (χ3v) is 3.81. The fourth-order valence-electron chi connectivity index (χ4n) is 2.50. The molecular weight excluding hydrogens is 260 g/mol. The zero-order valence-electron chi connectivity index (χ0n) is 12.9. The van der Waals surface area contributed by atoms with Gasteiger partial charge in [0.05, 0.1) is 5.69 Å². The lowest BCUT2D eigenvalue weighted by molar-refractivity contribution is 0.977. The standard InChI is InChI=1S/C17H22N4/c1-4-18-17-19-14(13-8-9-13)10-15(21-17)20-16-11(2)6-5-7-12(16)3/h5-7,10,13H,4,8-9H2,1-3H3,(H2,18,19,20,21). The van der Waals surface area contributed by atoms with E-state index in [1.165, 1.54) is 24.0 Å². The SMILES string of the molecule is CCNc1nc(Nc2c(C)cccc2C)cc(C2CC2)n1. The molecule has 1 aliphatic carbocycles. The minimum atomic E-state index is 0.615. The molecule has 4 heteroatoms. The largest absolute Gasteiger partial charge is 0.354 e. The maximum absolute atomic E-state index is 4.61. The molecule has 2 N–H and O–H groups in total. The average Bonchev–Trinajstić information content (AvgIpc) is 3.28. The Morgan fingerprint density at radius 3 is 2.48 bits per heavy atom. The quantitative estimate of drug-likeness (QED) is 0.865. The first kappa shape index (κ1) is 13.9. The zero-order chi connectivity index (χ0) is 14.8. The molecule has 1 fully saturated rings. The molecule has 1 aromatic heterocycles.